The smallest absolute Gasteiger partial charge is 0.379 e. The van der Waals surface area contributed by atoms with Gasteiger partial charge in [-0.05, 0) is 12.5 Å². The van der Waals surface area contributed by atoms with Gasteiger partial charge in [-0.1, -0.05) is 0 Å². The van der Waals surface area contributed by atoms with Gasteiger partial charge in [-0.2, -0.15) is 13.2 Å². The number of nitrogens with zero attached hydrogens (tertiary/aromatic N) is 5. The summed E-state index contributed by atoms with van der Waals surface area (Å²) in [4.78, 5) is 35.1. The van der Waals surface area contributed by atoms with Crippen LogP contribution in [-0.4, -0.2) is 75.9 Å². The highest BCUT2D eigenvalue weighted by molar-refractivity contribution is 5.92. The number of rotatable bonds is 7. The average molecular weight is 497 g/mol. The van der Waals surface area contributed by atoms with Crippen molar-refractivity contribution in [3.63, 3.8) is 0 Å². The number of halogens is 3. The first kappa shape index (κ1) is 24.7. The number of aromatic nitrogens is 3. The van der Waals surface area contributed by atoms with E-state index in [2.05, 4.69) is 20.6 Å². The number of carbonyl (C=O) groups excluding carboxylic acids is 2. The van der Waals surface area contributed by atoms with Gasteiger partial charge in [0.25, 0.3) is 0 Å². The quantitative estimate of drug-likeness (QED) is 0.495. The molecule has 2 aromatic rings. The summed E-state index contributed by atoms with van der Waals surface area (Å²) >= 11 is 0. The summed E-state index contributed by atoms with van der Waals surface area (Å²) in [6.45, 7) is 4.46. The molecule has 2 aliphatic heterocycles. The van der Waals surface area contributed by atoms with Gasteiger partial charge in [0.2, 0.25) is 11.9 Å². The Kier molecular flexibility index (Phi) is 7.12. The van der Waals surface area contributed by atoms with E-state index in [4.69, 9.17) is 4.74 Å². The SMILES string of the molecule is Cc1cn(CCOCCC(=O)N2CCN(c3ncc(C(F)(F)F)cn3)CC2)c2c1C(O)NC(=O)N2. The van der Waals surface area contributed by atoms with Crippen LogP contribution >= 0.6 is 0 Å². The van der Waals surface area contributed by atoms with E-state index in [9.17, 15) is 27.9 Å². The molecular weight excluding hydrogens is 471 g/mol. The number of fused-ring (bicyclic) bond motifs is 1. The van der Waals surface area contributed by atoms with Crippen molar-refractivity contribution in [1.82, 2.24) is 24.8 Å². The molecule has 1 saturated heterocycles. The zero-order valence-corrected chi connectivity index (χ0v) is 19.0. The molecule has 14 heteroatoms. The van der Waals surface area contributed by atoms with Crippen molar-refractivity contribution < 1.29 is 32.6 Å². The summed E-state index contributed by atoms with van der Waals surface area (Å²) in [6.07, 6.45) is -2.02. The van der Waals surface area contributed by atoms with Crippen molar-refractivity contribution >= 4 is 23.7 Å². The third-order valence-corrected chi connectivity index (χ3v) is 5.91. The zero-order chi connectivity index (χ0) is 25.2. The van der Waals surface area contributed by atoms with Crippen LogP contribution in [0.3, 0.4) is 0 Å². The highest BCUT2D eigenvalue weighted by atomic mass is 19.4. The molecular formula is C21H26F3N7O4. The minimum atomic E-state index is -4.48. The van der Waals surface area contributed by atoms with Crippen LogP contribution in [-0.2, 0) is 22.3 Å². The van der Waals surface area contributed by atoms with Gasteiger partial charge in [0, 0.05) is 56.9 Å². The number of carbonyl (C=O) groups is 2. The van der Waals surface area contributed by atoms with Crippen LogP contribution in [0, 0.1) is 6.92 Å². The standard InChI is InChI=1S/C21H26F3N7O4/c1-13-12-31(17-16(13)18(33)28-20(34)27-17)7-9-35-8-2-15(32)29-3-5-30(6-4-29)19-25-10-14(11-26-19)21(22,23)24/h10-12,18,33H,2-9H2,1H3,(H2,27,28,34). The molecule has 0 spiro atoms. The maximum absolute atomic E-state index is 12.7. The molecule has 0 saturated carbocycles. The van der Waals surface area contributed by atoms with Crippen LogP contribution in [0.2, 0.25) is 0 Å². The number of aliphatic hydroxyl groups excluding tert-OH is 1. The number of hydrogen-bond acceptors (Lipinski definition) is 7. The molecule has 11 nitrogen and oxygen atoms in total. The highest BCUT2D eigenvalue weighted by Gasteiger charge is 2.32. The van der Waals surface area contributed by atoms with Crippen molar-refractivity contribution in [3.8, 4) is 0 Å². The number of hydrogen-bond donors (Lipinski definition) is 3. The van der Waals surface area contributed by atoms with Gasteiger partial charge >= 0.3 is 12.2 Å². The van der Waals surface area contributed by atoms with E-state index in [1.54, 1.807) is 14.4 Å². The Morgan fingerprint density at radius 2 is 1.89 bits per heavy atom. The Morgan fingerprint density at radius 3 is 2.54 bits per heavy atom. The Bertz CT molecular complexity index is 1070. The lowest BCUT2D eigenvalue weighted by molar-refractivity contribution is -0.138. The summed E-state index contributed by atoms with van der Waals surface area (Å²) in [5, 5.41) is 15.1. The molecule has 190 valence electrons. The molecule has 3 amide bonds. The summed E-state index contributed by atoms with van der Waals surface area (Å²) < 4.78 is 45.4. The van der Waals surface area contributed by atoms with Crippen molar-refractivity contribution in [2.75, 3.05) is 49.6 Å². The Labute approximate surface area is 198 Å². The van der Waals surface area contributed by atoms with E-state index in [-0.39, 0.29) is 24.9 Å². The zero-order valence-electron chi connectivity index (χ0n) is 19.0. The highest BCUT2D eigenvalue weighted by Crippen LogP contribution is 2.30. The van der Waals surface area contributed by atoms with Gasteiger partial charge in [-0.3, -0.25) is 10.1 Å². The number of urea groups is 1. The van der Waals surface area contributed by atoms with Gasteiger partial charge in [-0.25, -0.2) is 14.8 Å². The number of ether oxygens (including phenoxy) is 1. The van der Waals surface area contributed by atoms with Crippen molar-refractivity contribution in [2.24, 2.45) is 0 Å². The maximum atomic E-state index is 12.7. The maximum Gasteiger partial charge on any atom is 0.419 e. The molecule has 0 aromatic carbocycles. The number of nitrogens with one attached hydrogen (secondary N) is 2. The molecule has 35 heavy (non-hydrogen) atoms. The molecule has 1 unspecified atom stereocenters. The first-order valence-corrected chi connectivity index (χ1v) is 11.1. The van der Waals surface area contributed by atoms with Gasteiger partial charge in [0.05, 0.1) is 25.2 Å². The summed E-state index contributed by atoms with van der Waals surface area (Å²) in [5.74, 6) is 0.650. The lowest BCUT2D eigenvalue weighted by Gasteiger charge is -2.34. The van der Waals surface area contributed by atoms with Gasteiger partial charge in [0.1, 0.15) is 5.82 Å². The van der Waals surface area contributed by atoms with Crippen LogP contribution in [0.5, 0.6) is 0 Å². The second kappa shape index (κ2) is 10.1. The number of aliphatic hydroxyl groups is 1. The van der Waals surface area contributed by atoms with Crippen LogP contribution in [0.25, 0.3) is 0 Å². The normalized spacial score (nSPS) is 18.2. The van der Waals surface area contributed by atoms with E-state index < -0.39 is 24.0 Å². The summed E-state index contributed by atoms with van der Waals surface area (Å²) in [6, 6.07) is -0.485. The van der Waals surface area contributed by atoms with Crippen molar-refractivity contribution in [3.05, 3.63) is 35.3 Å². The second-order valence-corrected chi connectivity index (χ2v) is 8.27. The molecule has 3 N–H and O–H groups in total. The first-order valence-electron chi connectivity index (χ1n) is 11.1. The Morgan fingerprint density at radius 1 is 1.20 bits per heavy atom. The van der Waals surface area contributed by atoms with E-state index in [0.29, 0.717) is 50.7 Å². The minimum Gasteiger partial charge on any atom is -0.379 e. The predicted molar refractivity (Wildman–Crippen MR) is 118 cm³/mol. The molecule has 2 aliphatic rings. The number of alkyl halides is 3. The molecule has 0 aliphatic carbocycles. The monoisotopic (exact) mass is 497 g/mol. The van der Waals surface area contributed by atoms with E-state index in [1.807, 2.05) is 13.1 Å². The Hall–Kier alpha value is -3.39. The van der Waals surface area contributed by atoms with Crippen LogP contribution in [0.15, 0.2) is 18.6 Å². The number of amides is 3. The van der Waals surface area contributed by atoms with E-state index >= 15 is 0 Å². The topological polar surface area (TPSA) is 125 Å². The van der Waals surface area contributed by atoms with Crippen molar-refractivity contribution in [2.45, 2.75) is 32.3 Å². The fourth-order valence-corrected chi connectivity index (χ4v) is 4.08. The number of piperazine rings is 1. The minimum absolute atomic E-state index is 0.0753. The fourth-order valence-electron chi connectivity index (χ4n) is 4.08. The number of anilines is 2. The third-order valence-electron chi connectivity index (χ3n) is 5.91. The summed E-state index contributed by atoms with van der Waals surface area (Å²) in [7, 11) is 0. The predicted octanol–water partition coefficient (Wildman–Crippen LogP) is 1.49. The molecule has 2 aromatic heterocycles. The molecule has 1 atom stereocenters. The van der Waals surface area contributed by atoms with Crippen LogP contribution < -0.4 is 15.5 Å². The van der Waals surface area contributed by atoms with E-state index in [0.717, 1.165) is 18.0 Å². The molecule has 0 radical (unpaired) electrons. The van der Waals surface area contributed by atoms with Crippen LogP contribution in [0.4, 0.5) is 29.7 Å². The van der Waals surface area contributed by atoms with Crippen molar-refractivity contribution in [1.29, 1.82) is 0 Å². The van der Waals surface area contributed by atoms with Gasteiger partial charge in [-0.15, -0.1) is 0 Å². The molecule has 4 rings (SSSR count). The van der Waals surface area contributed by atoms with Gasteiger partial charge < -0.3 is 29.5 Å². The second-order valence-electron chi connectivity index (χ2n) is 8.27. The lowest BCUT2D eigenvalue weighted by Crippen LogP contribution is -2.49. The van der Waals surface area contributed by atoms with Crippen LogP contribution in [0.1, 0.15) is 29.3 Å². The van der Waals surface area contributed by atoms with Gasteiger partial charge in [0.15, 0.2) is 6.23 Å². The average Bonchev–Trinajstić information content (AvgIpc) is 3.13. The fraction of sp³-hybridized carbons (Fsp3) is 0.524. The number of aryl methyl sites for hydroxylation is 1. The molecule has 1 fully saturated rings. The molecule has 0 bridgehead atoms. The molecule has 4 heterocycles. The third kappa shape index (κ3) is 5.65. The lowest BCUT2D eigenvalue weighted by atomic mass is 10.1. The van der Waals surface area contributed by atoms with E-state index in [1.165, 1.54) is 0 Å². The summed E-state index contributed by atoms with van der Waals surface area (Å²) in [5.41, 5.74) is 0.540. The largest absolute Gasteiger partial charge is 0.419 e. The first-order chi connectivity index (χ1) is 16.6. The Balaban J connectivity index is 1.18.